The Morgan fingerprint density at radius 2 is 2.08 bits per heavy atom. The third kappa shape index (κ3) is 2.05. The van der Waals surface area contributed by atoms with Gasteiger partial charge in [-0.1, -0.05) is 43.1 Å². The van der Waals surface area contributed by atoms with Gasteiger partial charge in [-0.25, -0.2) is 4.31 Å². The first kappa shape index (κ1) is 9.06. The summed E-state index contributed by atoms with van der Waals surface area (Å²) in [5, 5.41) is 0. The first-order valence-electron chi connectivity index (χ1n) is 4.31. The van der Waals surface area contributed by atoms with Gasteiger partial charge in [0, 0.05) is 6.54 Å². The molecule has 0 aromatic heterocycles. The molecule has 1 radical (unpaired) electrons. The van der Waals surface area contributed by atoms with Gasteiger partial charge in [0.25, 0.3) is 0 Å². The van der Waals surface area contributed by atoms with Gasteiger partial charge >= 0.3 is 0 Å². The molecule has 1 aliphatic heterocycles. The third-order valence-electron chi connectivity index (χ3n) is 2.18. The van der Waals surface area contributed by atoms with Crippen molar-refractivity contribution in [3.8, 4) is 0 Å². The molecule has 69 valence electrons. The van der Waals surface area contributed by atoms with E-state index in [1.807, 2.05) is 22.5 Å². The van der Waals surface area contributed by atoms with E-state index in [9.17, 15) is 0 Å². The maximum absolute atomic E-state index is 5.29. The number of benzene rings is 1. The van der Waals surface area contributed by atoms with Crippen molar-refractivity contribution in [2.45, 2.75) is 6.04 Å². The number of hydrogen-bond acceptors (Lipinski definition) is 3. The summed E-state index contributed by atoms with van der Waals surface area (Å²) in [6.45, 7) is 3.24. The third-order valence-corrected chi connectivity index (χ3v) is 2.62. The standard InChI is InChI=1S/C10H12NOS/c13-11-6-7-12-8-10(11)9-4-2-1-3-5-9/h1-5,7,10,13H,6,8H2. The number of morpholine rings is 1. The minimum Gasteiger partial charge on any atom is -0.372 e. The second kappa shape index (κ2) is 4.13. The summed E-state index contributed by atoms with van der Waals surface area (Å²) in [7, 11) is 0. The van der Waals surface area contributed by atoms with Gasteiger partial charge in [0.05, 0.1) is 19.3 Å². The molecule has 13 heavy (non-hydrogen) atoms. The number of ether oxygens (including phenoxy) is 1. The van der Waals surface area contributed by atoms with Gasteiger partial charge in [-0.3, -0.25) is 0 Å². The van der Waals surface area contributed by atoms with Crippen LogP contribution < -0.4 is 0 Å². The maximum atomic E-state index is 5.29. The molecule has 2 rings (SSSR count). The highest BCUT2D eigenvalue weighted by Gasteiger charge is 2.21. The van der Waals surface area contributed by atoms with Gasteiger partial charge in [0.2, 0.25) is 0 Å². The molecule has 1 saturated heterocycles. The van der Waals surface area contributed by atoms with E-state index in [-0.39, 0.29) is 6.04 Å². The average Bonchev–Trinajstić information content (AvgIpc) is 2.20. The summed E-state index contributed by atoms with van der Waals surface area (Å²) in [6.07, 6.45) is 0. The largest absolute Gasteiger partial charge is 0.372 e. The summed E-state index contributed by atoms with van der Waals surface area (Å²) in [5.41, 5.74) is 1.26. The highest BCUT2D eigenvalue weighted by Crippen LogP contribution is 2.25. The molecule has 0 spiro atoms. The Hall–Kier alpha value is -0.510. The lowest BCUT2D eigenvalue weighted by atomic mass is 10.1. The fraction of sp³-hybridized carbons (Fsp3) is 0.300. The molecule has 3 heteroatoms. The second-order valence-electron chi connectivity index (χ2n) is 3.05. The molecule has 1 aromatic rings. The molecule has 0 amide bonds. The number of rotatable bonds is 1. The van der Waals surface area contributed by atoms with Crippen LogP contribution in [0.15, 0.2) is 30.3 Å². The number of nitrogens with zero attached hydrogens (tertiary/aromatic N) is 1. The van der Waals surface area contributed by atoms with Crippen LogP contribution in [-0.2, 0) is 4.74 Å². The molecule has 1 fully saturated rings. The lowest BCUT2D eigenvalue weighted by Gasteiger charge is -2.30. The normalized spacial score (nSPS) is 24.5. The molecule has 1 unspecified atom stereocenters. The molecule has 0 bridgehead atoms. The van der Waals surface area contributed by atoms with Crippen molar-refractivity contribution in [2.75, 3.05) is 13.2 Å². The molecule has 0 aliphatic carbocycles. The van der Waals surface area contributed by atoms with Crippen LogP contribution in [0.25, 0.3) is 0 Å². The highest BCUT2D eigenvalue weighted by atomic mass is 32.1. The predicted octanol–water partition coefficient (Wildman–Crippen LogP) is 2.07. The van der Waals surface area contributed by atoms with Gasteiger partial charge in [-0.15, -0.1) is 0 Å². The first-order valence-corrected chi connectivity index (χ1v) is 4.71. The molecule has 1 heterocycles. The van der Waals surface area contributed by atoms with Crippen molar-refractivity contribution >= 4 is 12.8 Å². The van der Waals surface area contributed by atoms with Crippen molar-refractivity contribution in [3.63, 3.8) is 0 Å². The summed E-state index contributed by atoms with van der Waals surface area (Å²) in [6, 6.07) is 10.6. The van der Waals surface area contributed by atoms with Gasteiger partial charge in [0.1, 0.15) is 0 Å². The number of hydrogen-bond donors (Lipinski definition) is 1. The highest BCUT2D eigenvalue weighted by molar-refractivity contribution is 7.77. The predicted molar refractivity (Wildman–Crippen MR) is 55.1 cm³/mol. The van der Waals surface area contributed by atoms with Crippen LogP contribution in [0, 0.1) is 6.61 Å². The second-order valence-corrected chi connectivity index (χ2v) is 3.56. The summed E-state index contributed by atoms with van der Waals surface area (Å²) >= 11 is 4.39. The van der Waals surface area contributed by atoms with E-state index in [1.165, 1.54) is 5.56 Å². The molecule has 2 nitrogen and oxygen atoms in total. The van der Waals surface area contributed by atoms with Crippen LogP contribution in [0.3, 0.4) is 0 Å². The van der Waals surface area contributed by atoms with E-state index < -0.39 is 0 Å². The zero-order valence-corrected chi connectivity index (χ0v) is 8.15. The summed E-state index contributed by atoms with van der Waals surface area (Å²) in [5.74, 6) is 0. The summed E-state index contributed by atoms with van der Waals surface area (Å²) < 4.78 is 7.28. The Balaban J connectivity index is 2.15. The quantitative estimate of drug-likeness (QED) is 0.687. The molecule has 0 N–H and O–H groups in total. The van der Waals surface area contributed by atoms with Crippen molar-refractivity contribution in [3.05, 3.63) is 42.5 Å². The molecule has 1 atom stereocenters. The van der Waals surface area contributed by atoms with Crippen molar-refractivity contribution in [2.24, 2.45) is 0 Å². The SMILES string of the molecule is SN1C[CH]OCC1c1ccccc1. The smallest absolute Gasteiger partial charge is 0.0986 e. The Morgan fingerprint density at radius 3 is 2.77 bits per heavy atom. The minimum absolute atomic E-state index is 0.273. The van der Waals surface area contributed by atoms with Crippen LogP contribution in [-0.4, -0.2) is 17.5 Å². The maximum Gasteiger partial charge on any atom is 0.0986 e. The molecular formula is C10H12NOS. The zero-order chi connectivity index (χ0) is 9.10. The average molecular weight is 194 g/mol. The number of thiol groups is 1. The monoisotopic (exact) mass is 194 g/mol. The minimum atomic E-state index is 0.273. The van der Waals surface area contributed by atoms with Crippen molar-refractivity contribution in [1.82, 2.24) is 4.31 Å². The molecular weight excluding hydrogens is 182 g/mol. The van der Waals surface area contributed by atoms with E-state index in [0.29, 0.717) is 6.61 Å². The van der Waals surface area contributed by atoms with E-state index in [0.717, 1.165) is 6.54 Å². The van der Waals surface area contributed by atoms with Crippen LogP contribution in [0.4, 0.5) is 0 Å². The molecule has 1 aliphatic rings. The van der Waals surface area contributed by atoms with Crippen molar-refractivity contribution in [1.29, 1.82) is 0 Å². The Kier molecular flexibility index (Phi) is 2.88. The van der Waals surface area contributed by atoms with Gasteiger partial charge in [-0.05, 0) is 5.56 Å². The fourth-order valence-electron chi connectivity index (χ4n) is 1.45. The Labute approximate surface area is 84.0 Å². The first-order chi connectivity index (χ1) is 6.38. The Bertz CT molecular complexity index is 265. The van der Waals surface area contributed by atoms with Gasteiger partial charge in [-0.2, -0.15) is 0 Å². The topological polar surface area (TPSA) is 12.5 Å². The van der Waals surface area contributed by atoms with Crippen LogP contribution >= 0.6 is 12.8 Å². The molecule has 1 aromatic carbocycles. The summed E-state index contributed by atoms with van der Waals surface area (Å²) in [4.78, 5) is 0. The fourth-order valence-corrected chi connectivity index (χ4v) is 1.71. The van der Waals surface area contributed by atoms with E-state index >= 15 is 0 Å². The van der Waals surface area contributed by atoms with Crippen molar-refractivity contribution < 1.29 is 4.74 Å². The zero-order valence-electron chi connectivity index (χ0n) is 7.26. The van der Waals surface area contributed by atoms with E-state index in [1.54, 1.807) is 6.61 Å². The van der Waals surface area contributed by atoms with Gasteiger partial charge < -0.3 is 4.74 Å². The molecule has 0 saturated carbocycles. The van der Waals surface area contributed by atoms with Crippen LogP contribution in [0.1, 0.15) is 11.6 Å². The van der Waals surface area contributed by atoms with E-state index in [2.05, 4.69) is 24.9 Å². The Morgan fingerprint density at radius 1 is 1.31 bits per heavy atom. The van der Waals surface area contributed by atoms with E-state index in [4.69, 9.17) is 4.74 Å². The van der Waals surface area contributed by atoms with Crippen LogP contribution in [0.2, 0.25) is 0 Å². The lowest BCUT2D eigenvalue weighted by molar-refractivity contribution is 0.0862. The lowest BCUT2D eigenvalue weighted by Crippen LogP contribution is -2.30. The van der Waals surface area contributed by atoms with Gasteiger partial charge in [0.15, 0.2) is 0 Å². The van der Waals surface area contributed by atoms with Crippen LogP contribution in [0.5, 0.6) is 0 Å².